The van der Waals surface area contributed by atoms with Crippen LogP contribution in [0.25, 0.3) is 0 Å². The molecule has 0 N–H and O–H groups in total. The summed E-state index contributed by atoms with van der Waals surface area (Å²) in [7, 11) is 1.72. The molecular weight excluding hydrogens is 312 g/mol. The molecule has 0 aliphatic rings. The van der Waals surface area contributed by atoms with Crippen LogP contribution in [0.15, 0.2) is 18.2 Å². The first-order valence-corrected chi connectivity index (χ1v) is 7.03. The molecule has 102 valence electrons. The van der Waals surface area contributed by atoms with Crippen LogP contribution in [-0.4, -0.2) is 26.8 Å². The second-order valence-electron chi connectivity index (χ2n) is 3.79. The number of hydrogen-bond acceptors (Lipinski definition) is 5. The summed E-state index contributed by atoms with van der Waals surface area (Å²) in [4.78, 5) is 1.40. The number of aryl methyl sites for hydroxylation is 1. The summed E-state index contributed by atoms with van der Waals surface area (Å²) in [5.41, 5.74) is 1.02. The number of ether oxygens (including phenoxy) is 2. The van der Waals surface area contributed by atoms with Crippen LogP contribution in [-0.2, 0) is 19.0 Å². The van der Waals surface area contributed by atoms with Crippen LogP contribution in [0, 0.1) is 0 Å². The molecule has 1 aromatic heterocycles. The highest BCUT2D eigenvalue weighted by Gasteiger charge is 2.11. The fourth-order valence-corrected chi connectivity index (χ4v) is 2.06. The monoisotopic (exact) mass is 326 g/mol. The van der Waals surface area contributed by atoms with E-state index in [1.807, 2.05) is 25.1 Å². The van der Waals surface area contributed by atoms with Gasteiger partial charge in [0.05, 0.1) is 13.7 Å². The van der Waals surface area contributed by atoms with Crippen LogP contribution in [0.1, 0.15) is 18.3 Å². The van der Waals surface area contributed by atoms with Crippen LogP contribution < -0.4 is 9.47 Å². The minimum Gasteiger partial charge on any atom is -0.490 e. The summed E-state index contributed by atoms with van der Waals surface area (Å²) in [6.07, 6.45) is 0. The smallest absolute Gasteiger partial charge is 0.212 e. The van der Waals surface area contributed by atoms with Crippen molar-refractivity contribution in [2.75, 3.05) is 6.61 Å². The number of tetrazole rings is 1. The van der Waals surface area contributed by atoms with Crippen molar-refractivity contribution in [1.29, 1.82) is 0 Å². The standard InChI is InChI=1S/C12H15BrN4O2/c1-3-18-10-6-4-5-9(7-13)12(10)19-8-11-14-16-17(2)15-11/h4-6H,3,7-8H2,1-2H3. The van der Waals surface area contributed by atoms with E-state index < -0.39 is 0 Å². The van der Waals surface area contributed by atoms with Crippen molar-refractivity contribution in [3.8, 4) is 11.5 Å². The molecule has 1 aromatic carbocycles. The number of alkyl halides is 1. The highest BCUT2D eigenvalue weighted by Crippen LogP contribution is 2.33. The van der Waals surface area contributed by atoms with Crippen molar-refractivity contribution < 1.29 is 9.47 Å². The molecule has 0 amide bonds. The molecule has 0 aliphatic carbocycles. The van der Waals surface area contributed by atoms with Crippen LogP contribution in [0.4, 0.5) is 0 Å². The normalized spacial score (nSPS) is 10.5. The van der Waals surface area contributed by atoms with Gasteiger partial charge >= 0.3 is 0 Å². The lowest BCUT2D eigenvalue weighted by molar-refractivity contribution is 0.261. The van der Waals surface area contributed by atoms with Crippen molar-refractivity contribution >= 4 is 15.9 Å². The maximum atomic E-state index is 5.78. The fourth-order valence-electron chi connectivity index (χ4n) is 1.62. The minimum absolute atomic E-state index is 0.262. The first-order chi connectivity index (χ1) is 9.24. The molecule has 0 atom stereocenters. The average molecular weight is 327 g/mol. The molecule has 6 nitrogen and oxygen atoms in total. The van der Waals surface area contributed by atoms with E-state index in [1.165, 1.54) is 4.80 Å². The third-order valence-electron chi connectivity index (χ3n) is 2.40. The largest absolute Gasteiger partial charge is 0.490 e. The van der Waals surface area contributed by atoms with Gasteiger partial charge < -0.3 is 9.47 Å². The van der Waals surface area contributed by atoms with E-state index in [0.29, 0.717) is 23.5 Å². The van der Waals surface area contributed by atoms with E-state index in [1.54, 1.807) is 7.05 Å². The maximum absolute atomic E-state index is 5.78. The van der Waals surface area contributed by atoms with Crippen molar-refractivity contribution in [1.82, 2.24) is 20.2 Å². The van der Waals surface area contributed by atoms with Gasteiger partial charge in [-0.25, -0.2) is 0 Å². The zero-order chi connectivity index (χ0) is 13.7. The zero-order valence-corrected chi connectivity index (χ0v) is 12.4. The molecule has 0 saturated heterocycles. The first-order valence-electron chi connectivity index (χ1n) is 5.91. The molecule has 0 fully saturated rings. The van der Waals surface area contributed by atoms with Crippen molar-refractivity contribution in [2.24, 2.45) is 7.05 Å². The van der Waals surface area contributed by atoms with Crippen molar-refractivity contribution in [3.63, 3.8) is 0 Å². The molecule has 1 heterocycles. The number of para-hydroxylation sites is 1. The van der Waals surface area contributed by atoms with E-state index >= 15 is 0 Å². The van der Waals surface area contributed by atoms with Gasteiger partial charge in [0.2, 0.25) is 5.82 Å². The van der Waals surface area contributed by atoms with E-state index in [-0.39, 0.29) is 6.61 Å². The van der Waals surface area contributed by atoms with Gasteiger partial charge in [0.1, 0.15) is 0 Å². The summed E-state index contributed by atoms with van der Waals surface area (Å²) in [6, 6.07) is 5.81. The Morgan fingerprint density at radius 3 is 2.79 bits per heavy atom. The lowest BCUT2D eigenvalue weighted by atomic mass is 10.2. The molecule has 0 saturated carbocycles. The topological polar surface area (TPSA) is 62.1 Å². The summed E-state index contributed by atoms with van der Waals surface area (Å²) >= 11 is 3.44. The predicted octanol–water partition coefficient (Wildman–Crippen LogP) is 2.08. The van der Waals surface area contributed by atoms with E-state index in [9.17, 15) is 0 Å². The zero-order valence-electron chi connectivity index (χ0n) is 10.8. The highest BCUT2D eigenvalue weighted by atomic mass is 79.9. The van der Waals surface area contributed by atoms with Gasteiger partial charge in [-0.3, -0.25) is 0 Å². The molecule has 0 bridgehead atoms. The van der Waals surface area contributed by atoms with Crippen LogP contribution in [0.5, 0.6) is 11.5 Å². The predicted molar refractivity (Wildman–Crippen MR) is 73.4 cm³/mol. The highest BCUT2D eigenvalue weighted by molar-refractivity contribution is 9.08. The number of nitrogens with zero attached hydrogens (tertiary/aromatic N) is 4. The van der Waals surface area contributed by atoms with Gasteiger partial charge in [-0.15, -0.1) is 10.2 Å². The van der Waals surface area contributed by atoms with Crippen LogP contribution >= 0.6 is 15.9 Å². The third-order valence-corrected chi connectivity index (χ3v) is 3.00. The van der Waals surface area contributed by atoms with Crippen LogP contribution in [0.2, 0.25) is 0 Å². The molecule has 2 rings (SSSR count). The van der Waals surface area contributed by atoms with Gasteiger partial charge in [-0.2, -0.15) is 4.80 Å². The Morgan fingerprint density at radius 1 is 1.32 bits per heavy atom. The van der Waals surface area contributed by atoms with E-state index in [2.05, 4.69) is 31.3 Å². The average Bonchev–Trinajstić information content (AvgIpc) is 2.83. The van der Waals surface area contributed by atoms with Crippen molar-refractivity contribution in [3.05, 3.63) is 29.6 Å². The quantitative estimate of drug-likeness (QED) is 0.760. The van der Waals surface area contributed by atoms with E-state index in [0.717, 1.165) is 11.3 Å². The Balaban J connectivity index is 2.17. The fraction of sp³-hybridized carbons (Fsp3) is 0.417. The Morgan fingerprint density at radius 2 is 2.16 bits per heavy atom. The summed E-state index contributed by atoms with van der Waals surface area (Å²) < 4.78 is 11.3. The van der Waals surface area contributed by atoms with Crippen molar-refractivity contribution in [2.45, 2.75) is 18.9 Å². The SMILES string of the molecule is CCOc1cccc(CBr)c1OCc1nnn(C)n1. The number of hydrogen-bond donors (Lipinski definition) is 0. The maximum Gasteiger partial charge on any atom is 0.212 e. The van der Waals surface area contributed by atoms with Gasteiger partial charge in [-0.1, -0.05) is 28.1 Å². The van der Waals surface area contributed by atoms with Gasteiger partial charge in [0.25, 0.3) is 0 Å². The van der Waals surface area contributed by atoms with Crippen LogP contribution in [0.3, 0.4) is 0 Å². The molecular formula is C12H15BrN4O2. The van der Waals surface area contributed by atoms with E-state index in [4.69, 9.17) is 9.47 Å². The molecule has 0 spiro atoms. The summed E-state index contributed by atoms with van der Waals surface area (Å²) in [5, 5.41) is 12.4. The molecule has 2 aromatic rings. The number of aromatic nitrogens is 4. The molecule has 19 heavy (non-hydrogen) atoms. The third kappa shape index (κ3) is 3.44. The molecule has 0 radical (unpaired) electrons. The first kappa shape index (κ1) is 13.8. The van der Waals surface area contributed by atoms with Gasteiger partial charge in [-0.05, 0) is 18.2 Å². The van der Waals surface area contributed by atoms with Gasteiger partial charge in [0.15, 0.2) is 18.1 Å². The molecule has 7 heteroatoms. The minimum atomic E-state index is 0.262. The Kier molecular flexibility index (Phi) is 4.73. The second kappa shape index (κ2) is 6.51. The second-order valence-corrected chi connectivity index (χ2v) is 4.36. The lowest BCUT2D eigenvalue weighted by Gasteiger charge is -2.13. The Bertz CT molecular complexity index is 544. The number of benzene rings is 1. The van der Waals surface area contributed by atoms with Gasteiger partial charge in [0, 0.05) is 10.9 Å². The molecule has 0 unspecified atom stereocenters. The Hall–Kier alpha value is -1.63. The Labute approximate surface area is 119 Å². The number of rotatable bonds is 6. The number of halogens is 1. The molecule has 0 aliphatic heterocycles. The summed E-state index contributed by atoms with van der Waals surface area (Å²) in [6.45, 7) is 2.79. The summed E-state index contributed by atoms with van der Waals surface area (Å²) in [5.74, 6) is 1.98. The lowest BCUT2D eigenvalue weighted by Crippen LogP contribution is -2.03.